The van der Waals surface area contributed by atoms with Crippen LogP contribution in [0.2, 0.25) is 0 Å². The highest BCUT2D eigenvalue weighted by molar-refractivity contribution is 5.92. The van der Waals surface area contributed by atoms with Gasteiger partial charge in [0.2, 0.25) is 5.88 Å². The van der Waals surface area contributed by atoms with Crippen LogP contribution < -0.4 is 15.4 Å². The van der Waals surface area contributed by atoms with E-state index in [1.54, 1.807) is 24.6 Å². The van der Waals surface area contributed by atoms with Crippen LogP contribution >= 0.6 is 0 Å². The van der Waals surface area contributed by atoms with Crippen molar-refractivity contribution in [2.75, 3.05) is 12.4 Å². The third-order valence-corrected chi connectivity index (χ3v) is 4.08. The fourth-order valence-corrected chi connectivity index (χ4v) is 2.82. The van der Waals surface area contributed by atoms with E-state index in [-0.39, 0.29) is 0 Å². The molecule has 1 aromatic carbocycles. The molecule has 4 aromatic rings. The second-order valence-corrected chi connectivity index (χ2v) is 5.81. The first kappa shape index (κ1) is 16.6. The summed E-state index contributed by atoms with van der Waals surface area (Å²) in [4.78, 5) is 16.8. The van der Waals surface area contributed by atoms with Crippen molar-refractivity contribution in [3.05, 3.63) is 72.3 Å². The molecule has 0 saturated heterocycles. The predicted octanol–water partition coefficient (Wildman–Crippen LogP) is 3.47. The Labute approximate surface area is 154 Å². The number of H-pyrrole nitrogens is 1. The highest BCUT2D eigenvalue weighted by Crippen LogP contribution is 2.24. The summed E-state index contributed by atoms with van der Waals surface area (Å²) in [6.45, 7) is 0. The van der Waals surface area contributed by atoms with E-state index in [1.807, 2.05) is 36.4 Å². The summed E-state index contributed by atoms with van der Waals surface area (Å²) in [6.07, 6.45) is 3.17. The minimum Gasteiger partial charge on any atom is -0.479 e. The molecule has 2 amide bonds. The van der Waals surface area contributed by atoms with Gasteiger partial charge in [-0.05, 0) is 17.7 Å². The van der Waals surface area contributed by atoms with Crippen LogP contribution in [0.15, 0.2) is 65.4 Å². The molecule has 0 aliphatic rings. The summed E-state index contributed by atoms with van der Waals surface area (Å²) < 4.78 is 10.6. The molecular weight excluding hydrogens is 346 g/mol. The van der Waals surface area contributed by atoms with Crippen LogP contribution in [0.25, 0.3) is 10.9 Å². The third-order valence-electron chi connectivity index (χ3n) is 4.08. The van der Waals surface area contributed by atoms with Gasteiger partial charge in [-0.2, -0.15) is 0 Å². The number of benzene rings is 1. The number of nitrogens with one attached hydrogen (secondary N) is 3. The van der Waals surface area contributed by atoms with Crippen LogP contribution in [0.4, 0.5) is 10.6 Å². The van der Waals surface area contributed by atoms with Gasteiger partial charge in [0.25, 0.3) is 0 Å². The number of nitrogens with zero attached hydrogens (tertiary/aromatic N) is 2. The number of rotatable bonds is 5. The number of amides is 2. The lowest BCUT2D eigenvalue weighted by Gasteiger charge is -2.17. The standard InChI is InChI=1S/C19H17N5O3/c1-26-18-13-11-20-16(10-14(13)23-24-18)21-19(25)22-17(15-8-5-9-27-15)12-6-3-2-4-7-12/h2-11,17H,1H3,(H,23,24)(H2,20,21,22,25). The minimum absolute atomic E-state index is 0.387. The zero-order valence-electron chi connectivity index (χ0n) is 14.5. The van der Waals surface area contributed by atoms with E-state index in [0.717, 1.165) is 10.9 Å². The number of furan rings is 1. The van der Waals surface area contributed by atoms with Crippen molar-refractivity contribution in [1.29, 1.82) is 0 Å². The largest absolute Gasteiger partial charge is 0.479 e. The van der Waals surface area contributed by atoms with Gasteiger partial charge < -0.3 is 14.5 Å². The SMILES string of the molecule is COc1n[nH]c2cc(NC(=O)NC(c3ccccc3)c3ccco3)ncc12. The Balaban J connectivity index is 1.53. The number of carbonyl (C=O) groups is 1. The van der Waals surface area contributed by atoms with Crippen LogP contribution in [0.5, 0.6) is 5.88 Å². The lowest BCUT2D eigenvalue weighted by molar-refractivity contribution is 0.248. The molecule has 0 aliphatic heterocycles. The third kappa shape index (κ3) is 3.45. The van der Waals surface area contributed by atoms with E-state index in [9.17, 15) is 4.79 Å². The van der Waals surface area contributed by atoms with Crippen LogP contribution in [0, 0.1) is 0 Å². The second kappa shape index (κ2) is 7.20. The number of urea groups is 1. The molecule has 8 heteroatoms. The van der Waals surface area contributed by atoms with E-state index in [4.69, 9.17) is 9.15 Å². The van der Waals surface area contributed by atoms with E-state index in [1.165, 1.54) is 7.11 Å². The van der Waals surface area contributed by atoms with Crippen LogP contribution in [-0.4, -0.2) is 28.3 Å². The molecule has 1 unspecified atom stereocenters. The Kier molecular flexibility index (Phi) is 4.44. The van der Waals surface area contributed by atoms with Gasteiger partial charge in [0, 0.05) is 12.3 Å². The van der Waals surface area contributed by atoms with Crippen molar-refractivity contribution >= 4 is 22.8 Å². The monoisotopic (exact) mass is 363 g/mol. The van der Waals surface area contributed by atoms with E-state index >= 15 is 0 Å². The molecule has 3 N–H and O–H groups in total. The lowest BCUT2D eigenvalue weighted by Crippen LogP contribution is -2.33. The van der Waals surface area contributed by atoms with Crippen molar-refractivity contribution in [2.24, 2.45) is 0 Å². The Hall–Kier alpha value is -3.81. The molecule has 3 heterocycles. The highest BCUT2D eigenvalue weighted by Gasteiger charge is 2.19. The summed E-state index contributed by atoms with van der Waals surface area (Å²) in [7, 11) is 1.54. The van der Waals surface area contributed by atoms with Crippen molar-refractivity contribution in [3.63, 3.8) is 0 Å². The number of methoxy groups -OCH3 is 1. The Morgan fingerprint density at radius 1 is 1.22 bits per heavy atom. The summed E-state index contributed by atoms with van der Waals surface area (Å²) in [5.41, 5.74) is 1.62. The van der Waals surface area contributed by atoms with Crippen molar-refractivity contribution in [3.8, 4) is 5.88 Å². The number of hydrogen-bond acceptors (Lipinski definition) is 5. The van der Waals surface area contributed by atoms with E-state index in [2.05, 4.69) is 25.8 Å². The number of ether oxygens (including phenoxy) is 1. The van der Waals surface area contributed by atoms with Gasteiger partial charge in [0.05, 0.1) is 24.3 Å². The first-order chi connectivity index (χ1) is 13.2. The molecule has 0 spiro atoms. The number of aromatic nitrogens is 3. The Morgan fingerprint density at radius 2 is 2.07 bits per heavy atom. The fourth-order valence-electron chi connectivity index (χ4n) is 2.82. The number of anilines is 1. The molecule has 0 saturated carbocycles. The smallest absolute Gasteiger partial charge is 0.321 e. The van der Waals surface area contributed by atoms with Crippen molar-refractivity contribution in [1.82, 2.24) is 20.5 Å². The number of carbonyl (C=O) groups excluding carboxylic acids is 1. The molecule has 3 aromatic heterocycles. The van der Waals surface area contributed by atoms with Gasteiger partial charge in [-0.3, -0.25) is 10.4 Å². The number of hydrogen-bond donors (Lipinski definition) is 3. The normalized spacial score (nSPS) is 11.9. The maximum absolute atomic E-state index is 12.5. The van der Waals surface area contributed by atoms with Gasteiger partial charge in [-0.15, -0.1) is 5.10 Å². The second-order valence-electron chi connectivity index (χ2n) is 5.81. The average Bonchev–Trinajstić information content (AvgIpc) is 3.36. The van der Waals surface area contributed by atoms with Crippen LogP contribution in [-0.2, 0) is 0 Å². The lowest BCUT2D eigenvalue weighted by atomic mass is 10.1. The molecule has 27 heavy (non-hydrogen) atoms. The zero-order chi connectivity index (χ0) is 18.6. The maximum Gasteiger partial charge on any atom is 0.321 e. The van der Waals surface area contributed by atoms with Gasteiger partial charge in [-0.25, -0.2) is 9.78 Å². The van der Waals surface area contributed by atoms with Crippen molar-refractivity contribution in [2.45, 2.75) is 6.04 Å². The van der Waals surface area contributed by atoms with Crippen LogP contribution in [0.3, 0.4) is 0 Å². The van der Waals surface area contributed by atoms with Gasteiger partial charge in [0.15, 0.2) is 0 Å². The Morgan fingerprint density at radius 3 is 2.81 bits per heavy atom. The summed E-state index contributed by atoms with van der Waals surface area (Å²) >= 11 is 0. The fraction of sp³-hybridized carbons (Fsp3) is 0.105. The summed E-state index contributed by atoms with van der Waals surface area (Å²) in [5.74, 6) is 1.48. The van der Waals surface area contributed by atoms with Crippen molar-refractivity contribution < 1.29 is 13.9 Å². The molecule has 0 fully saturated rings. The molecule has 0 aliphatic carbocycles. The molecular formula is C19H17N5O3. The molecule has 4 rings (SSSR count). The molecule has 0 bridgehead atoms. The predicted molar refractivity (Wildman–Crippen MR) is 99.6 cm³/mol. The topological polar surface area (TPSA) is 105 Å². The van der Waals surface area contributed by atoms with E-state index < -0.39 is 12.1 Å². The van der Waals surface area contributed by atoms with Gasteiger partial charge in [-0.1, -0.05) is 30.3 Å². The van der Waals surface area contributed by atoms with Crippen LogP contribution in [0.1, 0.15) is 17.4 Å². The highest BCUT2D eigenvalue weighted by atomic mass is 16.5. The van der Waals surface area contributed by atoms with Gasteiger partial charge in [0.1, 0.15) is 17.6 Å². The summed E-state index contributed by atoms with van der Waals surface area (Å²) in [5, 5.41) is 13.3. The first-order valence-corrected chi connectivity index (χ1v) is 8.28. The first-order valence-electron chi connectivity index (χ1n) is 8.28. The molecule has 1 atom stereocenters. The number of aromatic amines is 1. The summed E-state index contributed by atoms with van der Waals surface area (Å²) in [6, 6.07) is 14.1. The molecule has 136 valence electrons. The maximum atomic E-state index is 12.5. The molecule has 0 radical (unpaired) electrons. The quantitative estimate of drug-likeness (QED) is 0.503. The van der Waals surface area contributed by atoms with Gasteiger partial charge >= 0.3 is 6.03 Å². The van der Waals surface area contributed by atoms with E-state index in [0.29, 0.717) is 23.0 Å². The number of pyridine rings is 1. The molecule has 8 nitrogen and oxygen atoms in total. The minimum atomic E-state index is -0.419. The Bertz CT molecular complexity index is 1040. The average molecular weight is 363 g/mol. The zero-order valence-corrected chi connectivity index (χ0v) is 14.5. The number of fused-ring (bicyclic) bond motifs is 1.